The summed E-state index contributed by atoms with van der Waals surface area (Å²) in [5.41, 5.74) is 2.47. The molecule has 0 amide bonds. The molecule has 0 saturated heterocycles. The second kappa shape index (κ2) is 5.90. The molecule has 0 aliphatic carbocycles. The molecule has 0 bridgehead atoms. The number of ether oxygens (including phenoxy) is 1. The van der Waals surface area contributed by atoms with Gasteiger partial charge >= 0.3 is 0 Å². The van der Waals surface area contributed by atoms with E-state index in [0.29, 0.717) is 5.88 Å². The quantitative estimate of drug-likeness (QED) is 0.727. The minimum absolute atomic E-state index is 0.602. The van der Waals surface area contributed by atoms with Gasteiger partial charge in [-0.1, -0.05) is 0 Å². The highest BCUT2D eigenvalue weighted by Crippen LogP contribution is 2.36. The summed E-state index contributed by atoms with van der Waals surface area (Å²) < 4.78 is 5.20. The fraction of sp³-hybridized carbons (Fsp3) is 0.312. The number of thiazole rings is 1. The summed E-state index contributed by atoms with van der Waals surface area (Å²) in [6.45, 7) is 3.88. The van der Waals surface area contributed by atoms with E-state index in [1.807, 2.05) is 24.3 Å². The van der Waals surface area contributed by atoms with Crippen LogP contribution >= 0.6 is 22.7 Å². The summed E-state index contributed by atoms with van der Waals surface area (Å²) in [4.78, 5) is 18.1. The molecule has 23 heavy (non-hydrogen) atoms. The first-order chi connectivity index (χ1) is 11.2. The van der Waals surface area contributed by atoms with Crippen molar-refractivity contribution in [2.45, 2.75) is 19.9 Å². The molecule has 0 saturated carbocycles. The Bertz CT molecular complexity index is 842. The third-order valence-electron chi connectivity index (χ3n) is 3.90. The summed E-state index contributed by atoms with van der Waals surface area (Å²) in [6, 6.07) is 4.17. The molecule has 118 valence electrons. The lowest BCUT2D eigenvalue weighted by Gasteiger charge is -2.27. The molecule has 0 N–H and O–H groups in total. The van der Waals surface area contributed by atoms with E-state index in [0.717, 1.165) is 36.0 Å². The first-order valence-corrected chi connectivity index (χ1v) is 9.07. The van der Waals surface area contributed by atoms with Crippen LogP contribution in [0, 0.1) is 6.92 Å². The molecule has 3 aromatic heterocycles. The van der Waals surface area contributed by atoms with Gasteiger partial charge in [-0.2, -0.15) is 0 Å². The maximum absolute atomic E-state index is 5.20. The van der Waals surface area contributed by atoms with Gasteiger partial charge in [-0.25, -0.2) is 15.0 Å². The van der Waals surface area contributed by atoms with Crippen LogP contribution in [0.15, 0.2) is 23.8 Å². The molecule has 5 nitrogen and oxygen atoms in total. The first kappa shape index (κ1) is 14.6. The van der Waals surface area contributed by atoms with Crippen LogP contribution in [-0.4, -0.2) is 28.6 Å². The van der Waals surface area contributed by atoms with Crippen LogP contribution in [0.25, 0.3) is 10.6 Å². The Balaban J connectivity index is 1.60. The van der Waals surface area contributed by atoms with E-state index >= 15 is 0 Å². The van der Waals surface area contributed by atoms with Gasteiger partial charge in [-0.05, 0) is 25.0 Å². The molecule has 3 aromatic rings. The van der Waals surface area contributed by atoms with Gasteiger partial charge in [-0.3, -0.25) is 0 Å². The number of fused-ring (bicyclic) bond motifs is 1. The van der Waals surface area contributed by atoms with E-state index in [-0.39, 0.29) is 0 Å². The number of aryl methyl sites for hydroxylation is 1. The third kappa shape index (κ3) is 2.82. The van der Waals surface area contributed by atoms with Gasteiger partial charge in [-0.15, -0.1) is 22.7 Å². The van der Waals surface area contributed by atoms with E-state index in [2.05, 4.69) is 31.3 Å². The van der Waals surface area contributed by atoms with Gasteiger partial charge in [0.2, 0.25) is 5.88 Å². The van der Waals surface area contributed by atoms with Crippen LogP contribution in [0.4, 0.5) is 5.82 Å². The molecular formula is C16H16N4OS2. The highest BCUT2D eigenvalue weighted by molar-refractivity contribution is 7.16. The minimum atomic E-state index is 0.602. The molecule has 1 aliphatic heterocycles. The SMILES string of the molecule is COc1cc(N2CCc3sc(-c4csc(C)n4)cc3C2)ncn1. The average molecular weight is 344 g/mol. The summed E-state index contributed by atoms with van der Waals surface area (Å²) in [6.07, 6.45) is 2.59. The van der Waals surface area contributed by atoms with Crippen molar-refractivity contribution in [2.75, 3.05) is 18.6 Å². The van der Waals surface area contributed by atoms with Gasteiger partial charge < -0.3 is 9.64 Å². The maximum atomic E-state index is 5.20. The summed E-state index contributed by atoms with van der Waals surface area (Å²) in [7, 11) is 1.63. The molecular weight excluding hydrogens is 328 g/mol. The number of thiophene rings is 1. The lowest BCUT2D eigenvalue weighted by atomic mass is 10.1. The maximum Gasteiger partial charge on any atom is 0.218 e. The normalized spacial score (nSPS) is 13.9. The summed E-state index contributed by atoms with van der Waals surface area (Å²) in [5.74, 6) is 1.52. The second-order valence-electron chi connectivity index (χ2n) is 5.40. The molecule has 4 heterocycles. The second-order valence-corrected chi connectivity index (χ2v) is 7.60. The van der Waals surface area contributed by atoms with E-state index in [4.69, 9.17) is 4.74 Å². The van der Waals surface area contributed by atoms with Crippen molar-refractivity contribution >= 4 is 28.5 Å². The van der Waals surface area contributed by atoms with E-state index in [1.54, 1.807) is 24.8 Å². The Kier molecular flexibility index (Phi) is 3.74. The molecule has 0 spiro atoms. The molecule has 0 fully saturated rings. The number of methoxy groups -OCH3 is 1. The Labute approximate surface area is 142 Å². The smallest absolute Gasteiger partial charge is 0.218 e. The highest BCUT2D eigenvalue weighted by Gasteiger charge is 2.21. The predicted octanol–water partition coefficient (Wildman–Crippen LogP) is 3.54. The standard InChI is InChI=1S/C16H16N4OS2/c1-10-19-12(8-22-10)14-5-11-7-20(4-3-13(11)23-14)15-6-16(21-2)18-9-17-15/h5-6,8-9H,3-4,7H2,1-2H3. The fourth-order valence-corrected chi connectivity index (χ4v) is 4.56. The van der Waals surface area contributed by atoms with Gasteiger partial charge in [0, 0.05) is 29.4 Å². The summed E-state index contributed by atoms with van der Waals surface area (Å²) in [5, 5.41) is 3.25. The highest BCUT2D eigenvalue weighted by atomic mass is 32.1. The van der Waals surface area contributed by atoms with Crippen molar-refractivity contribution < 1.29 is 4.74 Å². The van der Waals surface area contributed by atoms with Gasteiger partial charge in [0.05, 0.1) is 22.7 Å². The third-order valence-corrected chi connectivity index (χ3v) is 5.93. The molecule has 0 radical (unpaired) electrons. The van der Waals surface area contributed by atoms with E-state index < -0.39 is 0 Å². The molecule has 0 aromatic carbocycles. The zero-order valence-electron chi connectivity index (χ0n) is 12.9. The van der Waals surface area contributed by atoms with E-state index in [9.17, 15) is 0 Å². The van der Waals surface area contributed by atoms with Gasteiger partial charge in [0.25, 0.3) is 0 Å². The van der Waals surface area contributed by atoms with Crippen LogP contribution in [0.1, 0.15) is 15.4 Å². The zero-order valence-corrected chi connectivity index (χ0v) is 14.6. The van der Waals surface area contributed by atoms with Crippen LogP contribution in [0.5, 0.6) is 5.88 Å². The van der Waals surface area contributed by atoms with Gasteiger partial charge in [0.1, 0.15) is 12.1 Å². The molecule has 4 rings (SSSR count). The first-order valence-electron chi connectivity index (χ1n) is 7.38. The lowest BCUT2D eigenvalue weighted by molar-refractivity contribution is 0.396. The average Bonchev–Trinajstić information content (AvgIpc) is 3.20. The molecule has 0 atom stereocenters. The topological polar surface area (TPSA) is 51.1 Å². The van der Waals surface area contributed by atoms with Crippen molar-refractivity contribution in [3.05, 3.63) is 39.3 Å². The lowest BCUT2D eigenvalue weighted by Crippen LogP contribution is -2.30. The number of hydrogen-bond donors (Lipinski definition) is 0. The van der Waals surface area contributed by atoms with Crippen molar-refractivity contribution in [1.29, 1.82) is 0 Å². The molecule has 0 unspecified atom stereocenters. The summed E-state index contributed by atoms with van der Waals surface area (Å²) >= 11 is 3.57. The van der Waals surface area contributed by atoms with Crippen LogP contribution < -0.4 is 9.64 Å². The van der Waals surface area contributed by atoms with Crippen molar-refractivity contribution in [1.82, 2.24) is 15.0 Å². The Morgan fingerprint density at radius 1 is 1.26 bits per heavy atom. The number of nitrogens with zero attached hydrogens (tertiary/aromatic N) is 4. The fourth-order valence-electron chi connectivity index (χ4n) is 2.75. The van der Waals surface area contributed by atoms with Crippen molar-refractivity contribution in [3.8, 4) is 16.5 Å². The Morgan fingerprint density at radius 3 is 2.96 bits per heavy atom. The molecule has 1 aliphatic rings. The minimum Gasteiger partial charge on any atom is -0.481 e. The monoisotopic (exact) mass is 344 g/mol. The molecule has 7 heteroatoms. The van der Waals surface area contributed by atoms with E-state index in [1.165, 1.54) is 15.3 Å². The Hall–Kier alpha value is -1.99. The van der Waals surface area contributed by atoms with Crippen LogP contribution in [-0.2, 0) is 13.0 Å². The number of hydrogen-bond acceptors (Lipinski definition) is 7. The predicted molar refractivity (Wildman–Crippen MR) is 93.5 cm³/mol. The number of aromatic nitrogens is 3. The van der Waals surface area contributed by atoms with Crippen LogP contribution in [0.2, 0.25) is 0 Å². The largest absolute Gasteiger partial charge is 0.481 e. The van der Waals surface area contributed by atoms with Crippen LogP contribution in [0.3, 0.4) is 0 Å². The number of anilines is 1. The number of rotatable bonds is 3. The van der Waals surface area contributed by atoms with Crippen molar-refractivity contribution in [3.63, 3.8) is 0 Å². The van der Waals surface area contributed by atoms with Gasteiger partial charge in [0.15, 0.2) is 0 Å². The van der Waals surface area contributed by atoms with Crippen molar-refractivity contribution in [2.24, 2.45) is 0 Å². The Morgan fingerprint density at radius 2 is 2.17 bits per heavy atom. The zero-order chi connectivity index (χ0) is 15.8.